The number of nitrogens with one attached hydrogen (secondary N) is 1. The molecular weight excluding hydrogens is 302 g/mol. The topological polar surface area (TPSA) is 47.6 Å². The fourth-order valence-electron chi connectivity index (χ4n) is 2.41. The number of methoxy groups -OCH3 is 1. The molecule has 1 amide bonds. The predicted molar refractivity (Wildman–Crippen MR) is 97.0 cm³/mol. The molecule has 0 radical (unpaired) electrons. The molecule has 0 saturated carbocycles. The molecule has 4 heteroatoms. The maximum absolute atomic E-state index is 12.2. The average Bonchev–Trinajstić information content (AvgIpc) is 2.52. The van der Waals surface area contributed by atoms with Crippen LogP contribution in [0.1, 0.15) is 31.9 Å². The van der Waals surface area contributed by atoms with E-state index in [0.29, 0.717) is 11.4 Å². The summed E-state index contributed by atoms with van der Waals surface area (Å²) in [4.78, 5) is 12.2. The standard InChI is InChI=1S/C20H25NO3/c1-14-9-10-17(20(2,3)4)18(11-14)24-13-19(22)21-15-7-6-8-16(12-15)23-5/h6-12H,13H2,1-5H3,(H,21,22). The number of carbonyl (C=O) groups excluding carboxylic acids is 1. The molecular formula is C20H25NO3. The zero-order chi connectivity index (χ0) is 17.7. The van der Waals surface area contributed by atoms with Gasteiger partial charge in [-0.25, -0.2) is 0 Å². The number of benzene rings is 2. The molecule has 0 fully saturated rings. The van der Waals surface area contributed by atoms with Crippen LogP contribution in [0.2, 0.25) is 0 Å². The maximum atomic E-state index is 12.2. The van der Waals surface area contributed by atoms with Crippen LogP contribution in [0.5, 0.6) is 11.5 Å². The van der Waals surface area contributed by atoms with Crippen LogP contribution in [0.15, 0.2) is 42.5 Å². The largest absolute Gasteiger partial charge is 0.497 e. The second-order valence-electron chi connectivity index (χ2n) is 6.82. The van der Waals surface area contributed by atoms with E-state index in [-0.39, 0.29) is 17.9 Å². The van der Waals surface area contributed by atoms with Gasteiger partial charge in [0.05, 0.1) is 7.11 Å². The molecule has 0 aliphatic rings. The van der Waals surface area contributed by atoms with Gasteiger partial charge in [0.25, 0.3) is 5.91 Å². The summed E-state index contributed by atoms with van der Waals surface area (Å²) in [6, 6.07) is 13.3. The fourth-order valence-corrected chi connectivity index (χ4v) is 2.41. The van der Waals surface area contributed by atoms with Crippen molar-refractivity contribution < 1.29 is 14.3 Å². The van der Waals surface area contributed by atoms with E-state index in [0.717, 1.165) is 16.9 Å². The van der Waals surface area contributed by atoms with E-state index in [1.54, 1.807) is 13.2 Å². The van der Waals surface area contributed by atoms with Crippen molar-refractivity contribution in [1.29, 1.82) is 0 Å². The molecule has 0 spiro atoms. The minimum atomic E-state index is -0.204. The van der Waals surface area contributed by atoms with E-state index >= 15 is 0 Å². The molecule has 24 heavy (non-hydrogen) atoms. The van der Waals surface area contributed by atoms with E-state index in [4.69, 9.17) is 9.47 Å². The summed E-state index contributed by atoms with van der Waals surface area (Å²) in [5.41, 5.74) is 2.82. The highest BCUT2D eigenvalue weighted by Crippen LogP contribution is 2.32. The molecule has 4 nitrogen and oxygen atoms in total. The van der Waals surface area contributed by atoms with Gasteiger partial charge in [-0.2, -0.15) is 0 Å². The Bertz CT molecular complexity index is 717. The first-order valence-corrected chi connectivity index (χ1v) is 7.97. The third kappa shape index (κ3) is 4.75. The van der Waals surface area contributed by atoms with E-state index in [2.05, 4.69) is 38.2 Å². The van der Waals surface area contributed by atoms with E-state index < -0.39 is 0 Å². The first-order valence-electron chi connectivity index (χ1n) is 7.97. The van der Waals surface area contributed by atoms with Crippen LogP contribution >= 0.6 is 0 Å². The first kappa shape index (κ1) is 17.9. The van der Waals surface area contributed by atoms with Crippen LogP contribution in [0.25, 0.3) is 0 Å². The number of hydrogen-bond acceptors (Lipinski definition) is 3. The third-order valence-corrected chi connectivity index (χ3v) is 3.66. The summed E-state index contributed by atoms with van der Waals surface area (Å²) in [5, 5.41) is 2.82. The lowest BCUT2D eigenvalue weighted by Crippen LogP contribution is -2.22. The van der Waals surface area contributed by atoms with Gasteiger partial charge in [0.1, 0.15) is 11.5 Å². The van der Waals surface area contributed by atoms with Crippen LogP contribution in [-0.4, -0.2) is 19.6 Å². The molecule has 0 atom stereocenters. The highest BCUT2D eigenvalue weighted by atomic mass is 16.5. The van der Waals surface area contributed by atoms with Crippen LogP contribution in [0.3, 0.4) is 0 Å². The normalized spacial score (nSPS) is 11.0. The average molecular weight is 327 g/mol. The van der Waals surface area contributed by atoms with Crippen molar-refractivity contribution in [3.63, 3.8) is 0 Å². The summed E-state index contributed by atoms with van der Waals surface area (Å²) in [7, 11) is 1.59. The van der Waals surface area contributed by atoms with Gasteiger partial charge < -0.3 is 14.8 Å². The number of hydrogen-bond donors (Lipinski definition) is 1. The smallest absolute Gasteiger partial charge is 0.262 e. The fraction of sp³-hybridized carbons (Fsp3) is 0.350. The monoisotopic (exact) mass is 327 g/mol. The molecule has 0 aromatic heterocycles. The van der Waals surface area contributed by atoms with E-state index in [9.17, 15) is 4.79 Å². The Morgan fingerprint density at radius 1 is 1.12 bits per heavy atom. The molecule has 0 saturated heterocycles. The predicted octanol–water partition coefficient (Wildman–Crippen LogP) is 4.32. The molecule has 2 aromatic rings. The molecule has 0 bridgehead atoms. The molecule has 0 unspecified atom stereocenters. The van der Waals surface area contributed by atoms with Crippen LogP contribution in [0.4, 0.5) is 5.69 Å². The molecule has 128 valence electrons. The lowest BCUT2D eigenvalue weighted by Gasteiger charge is -2.23. The van der Waals surface area contributed by atoms with E-state index in [1.165, 1.54) is 0 Å². The second-order valence-corrected chi connectivity index (χ2v) is 6.82. The number of amides is 1. The Labute approximate surface area is 143 Å². The molecule has 0 aliphatic carbocycles. The Morgan fingerprint density at radius 3 is 2.54 bits per heavy atom. The van der Waals surface area contributed by atoms with Gasteiger partial charge in [0, 0.05) is 11.8 Å². The zero-order valence-electron chi connectivity index (χ0n) is 15.0. The summed E-state index contributed by atoms with van der Waals surface area (Å²) in [6.45, 7) is 8.35. The summed E-state index contributed by atoms with van der Waals surface area (Å²) in [5.74, 6) is 1.25. The second kappa shape index (κ2) is 7.39. The van der Waals surface area contributed by atoms with Crippen molar-refractivity contribution in [2.75, 3.05) is 19.0 Å². The van der Waals surface area contributed by atoms with Crippen LogP contribution < -0.4 is 14.8 Å². The molecule has 2 aromatic carbocycles. The summed E-state index contributed by atoms with van der Waals surface area (Å²) < 4.78 is 10.9. The molecule has 0 heterocycles. The maximum Gasteiger partial charge on any atom is 0.262 e. The minimum Gasteiger partial charge on any atom is -0.497 e. The van der Waals surface area contributed by atoms with Gasteiger partial charge in [-0.05, 0) is 41.7 Å². The van der Waals surface area contributed by atoms with E-state index in [1.807, 2.05) is 31.2 Å². The first-order chi connectivity index (χ1) is 11.3. The lowest BCUT2D eigenvalue weighted by atomic mass is 9.86. The quantitative estimate of drug-likeness (QED) is 0.890. The highest BCUT2D eigenvalue weighted by molar-refractivity contribution is 5.92. The van der Waals surface area contributed by atoms with Crippen molar-refractivity contribution in [2.45, 2.75) is 33.1 Å². The van der Waals surface area contributed by atoms with Crippen molar-refractivity contribution in [3.8, 4) is 11.5 Å². The number of anilines is 1. The van der Waals surface area contributed by atoms with Gasteiger partial charge in [0.15, 0.2) is 6.61 Å². The molecule has 1 N–H and O–H groups in total. The Balaban J connectivity index is 2.05. The van der Waals surface area contributed by atoms with Gasteiger partial charge >= 0.3 is 0 Å². The SMILES string of the molecule is COc1cccc(NC(=O)COc2cc(C)ccc2C(C)(C)C)c1. The molecule has 2 rings (SSSR count). The van der Waals surface area contributed by atoms with Gasteiger partial charge in [-0.15, -0.1) is 0 Å². The van der Waals surface area contributed by atoms with Crippen molar-refractivity contribution in [3.05, 3.63) is 53.6 Å². The Hall–Kier alpha value is -2.49. The summed E-state index contributed by atoms with van der Waals surface area (Å²) >= 11 is 0. The van der Waals surface area contributed by atoms with Crippen molar-refractivity contribution in [1.82, 2.24) is 0 Å². The van der Waals surface area contributed by atoms with Crippen molar-refractivity contribution >= 4 is 11.6 Å². The lowest BCUT2D eigenvalue weighted by molar-refractivity contribution is -0.118. The number of carbonyl (C=O) groups is 1. The van der Waals surface area contributed by atoms with Crippen LogP contribution in [-0.2, 0) is 10.2 Å². The van der Waals surface area contributed by atoms with Gasteiger partial charge in [-0.1, -0.05) is 39.0 Å². The zero-order valence-corrected chi connectivity index (χ0v) is 15.0. The van der Waals surface area contributed by atoms with Crippen molar-refractivity contribution in [2.24, 2.45) is 0 Å². The third-order valence-electron chi connectivity index (χ3n) is 3.66. The number of rotatable bonds is 5. The minimum absolute atomic E-state index is 0.0380. The highest BCUT2D eigenvalue weighted by Gasteiger charge is 2.19. The summed E-state index contributed by atoms with van der Waals surface area (Å²) in [6.07, 6.45) is 0. The van der Waals surface area contributed by atoms with Crippen LogP contribution in [0, 0.1) is 6.92 Å². The van der Waals surface area contributed by atoms with Gasteiger partial charge in [-0.3, -0.25) is 4.79 Å². The van der Waals surface area contributed by atoms with Gasteiger partial charge in [0.2, 0.25) is 0 Å². The Kier molecular flexibility index (Phi) is 5.50. The Morgan fingerprint density at radius 2 is 1.88 bits per heavy atom. The molecule has 0 aliphatic heterocycles. The number of aryl methyl sites for hydroxylation is 1. The number of ether oxygens (including phenoxy) is 2.